The number of thiazole rings is 1. The summed E-state index contributed by atoms with van der Waals surface area (Å²) in [5.41, 5.74) is 2.55. The van der Waals surface area contributed by atoms with Crippen molar-refractivity contribution in [2.45, 2.75) is 33.1 Å². The number of urea groups is 1. The van der Waals surface area contributed by atoms with Crippen molar-refractivity contribution in [3.8, 4) is 0 Å². The quantitative estimate of drug-likeness (QED) is 0.855. The molecule has 0 atom stereocenters. The van der Waals surface area contributed by atoms with Crippen LogP contribution in [0.5, 0.6) is 0 Å². The molecule has 0 spiro atoms. The van der Waals surface area contributed by atoms with Crippen molar-refractivity contribution in [2.75, 3.05) is 23.7 Å². The van der Waals surface area contributed by atoms with E-state index < -0.39 is 0 Å². The third-order valence-electron chi connectivity index (χ3n) is 4.55. The lowest BCUT2D eigenvalue weighted by atomic mass is 9.99. The van der Waals surface area contributed by atoms with E-state index in [0.717, 1.165) is 37.2 Å². The first-order valence-corrected chi connectivity index (χ1v) is 9.74. The summed E-state index contributed by atoms with van der Waals surface area (Å²) in [6.07, 6.45) is 2.41. The summed E-state index contributed by atoms with van der Waals surface area (Å²) in [5, 5.41) is 7.80. The summed E-state index contributed by atoms with van der Waals surface area (Å²) in [6, 6.07) is 7.22. The van der Waals surface area contributed by atoms with E-state index >= 15 is 0 Å². The Morgan fingerprint density at radius 3 is 2.58 bits per heavy atom. The fourth-order valence-corrected chi connectivity index (χ4v) is 3.57. The Morgan fingerprint density at radius 2 is 1.88 bits per heavy atom. The minimum Gasteiger partial charge on any atom is -0.342 e. The molecular weight excluding hydrogens is 348 g/mol. The van der Waals surface area contributed by atoms with Crippen LogP contribution in [0.1, 0.15) is 31.0 Å². The van der Waals surface area contributed by atoms with Crippen LogP contribution in [0.25, 0.3) is 0 Å². The lowest BCUT2D eigenvalue weighted by molar-refractivity contribution is -0.131. The molecule has 3 rings (SSSR count). The van der Waals surface area contributed by atoms with Crippen LogP contribution in [0, 0.1) is 12.8 Å². The summed E-state index contributed by atoms with van der Waals surface area (Å²) in [6.45, 7) is 5.87. The fraction of sp³-hybridized carbons (Fsp3) is 0.421. The Balaban J connectivity index is 1.50. The highest BCUT2D eigenvalue weighted by Gasteiger charge is 2.21. The minimum absolute atomic E-state index is 0.109. The molecule has 1 aromatic carbocycles. The first-order chi connectivity index (χ1) is 12.5. The molecule has 2 aromatic rings. The monoisotopic (exact) mass is 372 g/mol. The number of aromatic nitrogens is 1. The van der Waals surface area contributed by atoms with Gasteiger partial charge in [0.2, 0.25) is 5.91 Å². The number of nitrogens with one attached hydrogen (secondary N) is 2. The predicted molar refractivity (Wildman–Crippen MR) is 105 cm³/mol. The fourth-order valence-electron chi connectivity index (χ4n) is 2.87. The Kier molecular flexibility index (Phi) is 5.88. The Morgan fingerprint density at radius 1 is 1.19 bits per heavy atom. The lowest BCUT2D eigenvalue weighted by Crippen LogP contribution is -2.38. The molecule has 1 aliphatic heterocycles. The molecular formula is C19H24N4O2S. The maximum Gasteiger partial charge on any atom is 0.325 e. The highest BCUT2D eigenvalue weighted by molar-refractivity contribution is 7.14. The van der Waals surface area contributed by atoms with Crippen molar-refractivity contribution in [1.82, 2.24) is 9.88 Å². The van der Waals surface area contributed by atoms with E-state index in [2.05, 4.69) is 22.5 Å². The number of carbonyl (C=O) groups is 2. The molecule has 138 valence electrons. The van der Waals surface area contributed by atoms with Crippen molar-refractivity contribution in [2.24, 2.45) is 5.92 Å². The zero-order valence-corrected chi connectivity index (χ0v) is 15.9. The second kappa shape index (κ2) is 8.31. The van der Waals surface area contributed by atoms with E-state index in [4.69, 9.17) is 0 Å². The largest absolute Gasteiger partial charge is 0.342 e. The molecule has 7 heteroatoms. The molecule has 1 fully saturated rings. The van der Waals surface area contributed by atoms with Gasteiger partial charge in [-0.15, -0.1) is 11.3 Å². The minimum atomic E-state index is -0.342. The van der Waals surface area contributed by atoms with E-state index in [1.54, 1.807) is 0 Å². The molecule has 1 aliphatic rings. The van der Waals surface area contributed by atoms with Gasteiger partial charge in [0.1, 0.15) is 0 Å². The topological polar surface area (TPSA) is 74.3 Å². The molecule has 0 unspecified atom stereocenters. The van der Waals surface area contributed by atoms with Gasteiger partial charge in [-0.05, 0) is 37.8 Å². The van der Waals surface area contributed by atoms with Crippen LogP contribution in [0.3, 0.4) is 0 Å². The van der Waals surface area contributed by atoms with Gasteiger partial charge < -0.3 is 10.2 Å². The molecule has 6 nitrogen and oxygen atoms in total. The Labute approximate surface area is 157 Å². The zero-order chi connectivity index (χ0) is 18.5. The smallest absolute Gasteiger partial charge is 0.325 e. The van der Waals surface area contributed by atoms with Crippen LogP contribution in [0.15, 0.2) is 29.6 Å². The average molecular weight is 372 g/mol. The number of rotatable bonds is 4. The lowest BCUT2D eigenvalue weighted by Gasteiger charge is -2.30. The van der Waals surface area contributed by atoms with Crippen molar-refractivity contribution >= 4 is 34.1 Å². The molecule has 0 bridgehead atoms. The van der Waals surface area contributed by atoms with Crippen LogP contribution in [0.2, 0.25) is 0 Å². The first-order valence-electron chi connectivity index (χ1n) is 8.86. The predicted octanol–water partition coefficient (Wildman–Crippen LogP) is 3.90. The molecule has 0 saturated carbocycles. The number of amides is 3. The SMILES string of the molecule is Cc1ccc(NC(=O)Nc2nc(CC(=O)N3CCC(C)CC3)cs2)cc1. The van der Waals surface area contributed by atoms with Crippen molar-refractivity contribution in [3.63, 3.8) is 0 Å². The highest BCUT2D eigenvalue weighted by atomic mass is 32.1. The number of nitrogens with zero attached hydrogens (tertiary/aromatic N) is 2. The maximum absolute atomic E-state index is 12.4. The summed E-state index contributed by atoms with van der Waals surface area (Å²) in [7, 11) is 0. The van der Waals surface area contributed by atoms with E-state index in [1.807, 2.05) is 41.5 Å². The summed E-state index contributed by atoms with van der Waals surface area (Å²) in [5.74, 6) is 0.805. The van der Waals surface area contributed by atoms with Gasteiger partial charge >= 0.3 is 6.03 Å². The van der Waals surface area contributed by atoms with Gasteiger partial charge in [-0.1, -0.05) is 24.6 Å². The van der Waals surface area contributed by atoms with Gasteiger partial charge in [-0.2, -0.15) is 0 Å². The summed E-state index contributed by atoms with van der Waals surface area (Å²) >= 11 is 1.33. The highest BCUT2D eigenvalue weighted by Crippen LogP contribution is 2.20. The van der Waals surface area contributed by atoms with E-state index in [1.165, 1.54) is 11.3 Å². The summed E-state index contributed by atoms with van der Waals surface area (Å²) < 4.78 is 0. The number of likely N-dealkylation sites (tertiary alicyclic amines) is 1. The van der Waals surface area contributed by atoms with Gasteiger partial charge in [-0.3, -0.25) is 10.1 Å². The average Bonchev–Trinajstić information content (AvgIpc) is 3.04. The van der Waals surface area contributed by atoms with Crippen LogP contribution >= 0.6 is 11.3 Å². The van der Waals surface area contributed by atoms with Gasteiger partial charge in [-0.25, -0.2) is 9.78 Å². The van der Waals surface area contributed by atoms with Crippen LogP contribution in [-0.2, 0) is 11.2 Å². The third kappa shape index (κ3) is 5.05. The van der Waals surface area contributed by atoms with E-state index in [-0.39, 0.29) is 18.4 Å². The number of aryl methyl sites for hydroxylation is 1. The molecule has 2 N–H and O–H groups in total. The van der Waals surface area contributed by atoms with Crippen LogP contribution < -0.4 is 10.6 Å². The molecule has 0 radical (unpaired) electrons. The standard InChI is InChI=1S/C19H24N4O2S/c1-13-3-5-15(6-4-13)20-18(25)22-19-21-16(12-26-19)11-17(24)23-9-7-14(2)8-10-23/h3-6,12,14H,7-11H2,1-2H3,(H2,20,21,22,25). The number of piperidine rings is 1. The maximum atomic E-state index is 12.4. The first kappa shape index (κ1) is 18.4. The van der Waals surface area contributed by atoms with Crippen molar-refractivity contribution < 1.29 is 9.59 Å². The van der Waals surface area contributed by atoms with Gasteiger partial charge in [0.25, 0.3) is 0 Å². The molecule has 1 saturated heterocycles. The van der Waals surface area contributed by atoms with Gasteiger partial charge in [0.05, 0.1) is 12.1 Å². The van der Waals surface area contributed by atoms with E-state index in [0.29, 0.717) is 16.7 Å². The third-order valence-corrected chi connectivity index (χ3v) is 5.36. The number of benzene rings is 1. The van der Waals surface area contributed by atoms with Gasteiger partial charge in [0, 0.05) is 24.2 Å². The number of anilines is 2. The Bertz CT molecular complexity index is 764. The number of hydrogen-bond donors (Lipinski definition) is 2. The molecule has 26 heavy (non-hydrogen) atoms. The number of carbonyl (C=O) groups excluding carboxylic acids is 2. The molecule has 0 aliphatic carbocycles. The van der Waals surface area contributed by atoms with Crippen molar-refractivity contribution in [1.29, 1.82) is 0 Å². The number of hydrogen-bond acceptors (Lipinski definition) is 4. The normalized spacial score (nSPS) is 14.9. The molecule has 2 heterocycles. The summed E-state index contributed by atoms with van der Waals surface area (Å²) in [4.78, 5) is 30.7. The van der Waals surface area contributed by atoms with Gasteiger partial charge in [0.15, 0.2) is 5.13 Å². The van der Waals surface area contributed by atoms with Crippen molar-refractivity contribution in [3.05, 3.63) is 40.9 Å². The second-order valence-corrected chi connectivity index (χ2v) is 7.69. The van der Waals surface area contributed by atoms with Crippen LogP contribution in [0.4, 0.5) is 15.6 Å². The zero-order valence-electron chi connectivity index (χ0n) is 15.1. The van der Waals surface area contributed by atoms with Crippen LogP contribution in [-0.4, -0.2) is 34.9 Å². The second-order valence-electron chi connectivity index (χ2n) is 6.83. The Hall–Kier alpha value is -2.41. The molecule has 3 amide bonds. The van der Waals surface area contributed by atoms with E-state index in [9.17, 15) is 9.59 Å². The molecule has 1 aromatic heterocycles.